The third-order valence-corrected chi connectivity index (χ3v) is 7.80. The zero-order valence-corrected chi connectivity index (χ0v) is 20.7. The van der Waals surface area contributed by atoms with Crippen LogP contribution < -0.4 is 10.6 Å². The first-order valence-corrected chi connectivity index (χ1v) is 13.2. The average Bonchev–Trinajstić information content (AvgIpc) is 3.15. The maximum Gasteiger partial charge on any atom is 0.407 e. The van der Waals surface area contributed by atoms with E-state index < -0.39 is 17.6 Å². The molecule has 2 aromatic carbocycles. The van der Waals surface area contributed by atoms with E-state index in [0.29, 0.717) is 19.4 Å². The summed E-state index contributed by atoms with van der Waals surface area (Å²) in [5, 5.41) is 15.0. The second-order valence-corrected chi connectivity index (χ2v) is 10.8. The maximum atomic E-state index is 12.6. The monoisotopic (exact) mass is 496 g/mol. The molecule has 0 radical (unpaired) electrons. The molecule has 4 rings (SSSR count). The van der Waals surface area contributed by atoms with Crippen LogP contribution in [0.25, 0.3) is 11.1 Å². The molecule has 7 nitrogen and oxygen atoms in total. The second kappa shape index (κ2) is 11.2. The Bertz CT molecular complexity index is 1040. The third kappa shape index (κ3) is 6.17. The number of carbonyl (C=O) groups is 3. The SMILES string of the molecule is CC(CNC(=O)OCC1c2ccccc2-c2ccccc21)CC(=O)NC1(CC(=O)O)CCSCC1. The van der Waals surface area contributed by atoms with E-state index in [1.807, 2.05) is 31.2 Å². The highest BCUT2D eigenvalue weighted by molar-refractivity contribution is 7.99. The average molecular weight is 497 g/mol. The number of hydrogen-bond acceptors (Lipinski definition) is 5. The molecule has 1 aliphatic heterocycles. The summed E-state index contributed by atoms with van der Waals surface area (Å²) in [5.41, 5.74) is 3.99. The predicted octanol–water partition coefficient (Wildman–Crippen LogP) is 4.41. The van der Waals surface area contributed by atoms with Crippen LogP contribution >= 0.6 is 11.8 Å². The predicted molar refractivity (Wildman–Crippen MR) is 137 cm³/mol. The molecule has 1 saturated heterocycles. The van der Waals surface area contributed by atoms with Crippen molar-refractivity contribution in [1.82, 2.24) is 10.6 Å². The summed E-state index contributed by atoms with van der Waals surface area (Å²) in [4.78, 5) is 36.4. The number of rotatable bonds is 9. The quantitative estimate of drug-likeness (QED) is 0.475. The maximum absolute atomic E-state index is 12.6. The third-order valence-electron chi connectivity index (χ3n) is 6.82. The van der Waals surface area contributed by atoms with Crippen molar-refractivity contribution in [2.75, 3.05) is 24.7 Å². The summed E-state index contributed by atoms with van der Waals surface area (Å²) in [6.07, 6.45) is 0.944. The van der Waals surface area contributed by atoms with Gasteiger partial charge in [-0.25, -0.2) is 4.79 Å². The molecule has 1 atom stereocenters. The minimum Gasteiger partial charge on any atom is -0.481 e. The van der Waals surface area contributed by atoms with Gasteiger partial charge in [-0.05, 0) is 52.5 Å². The van der Waals surface area contributed by atoms with Gasteiger partial charge in [0.1, 0.15) is 6.61 Å². The molecular formula is C27H32N2O5S. The number of alkyl carbamates (subject to hydrolysis) is 1. The Hall–Kier alpha value is -3.00. The van der Waals surface area contributed by atoms with Crippen molar-refractivity contribution in [3.05, 3.63) is 59.7 Å². The zero-order chi connectivity index (χ0) is 24.8. The first kappa shape index (κ1) is 25.1. The van der Waals surface area contributed by atoms with Crippen LogP contribution in [0.5, 0.6) is 0 Å². The molecule has 2 aliphatic rings. The molecule has 0 saturated carbocycles. The Labute approximate surface area is 210 Å². The molecule has 1 unspecified atom stereocenters. The fourth-order valence-electron chi connectivity index (χ4n) is 5.04. The van der Waals surface area contributed by atoms with E-state index in [9.17, 15) is 19.5 Å². The highest BCUT2D eigenvalue weighted by Crippen LogP contribution is 2.44. The van der Waals surface area contributed by atoms with Gasteiger partial charge in [-0.15, -0.1) is 0 Å². The number of fused-ring (bicyclic) bond motifs is 3. The van der Waals surface area contributed by atoms with Gasteiger partial charge in [-0.2, -0.15) is 11.8 Å². The smallest absolute Gasteiger partial charge is 0.407 e. The Morgan fingerprint density at radius 2 is 1.66 bits per heavy atom. The van der Waals surface area contributed by atoms with Crippen LogP contribution in [0.15, 0.2) is 48.5 Å². The Balaban J connectivity index is 1.25. The van der Waals surface area contributed by atoms with Crippen molar-refractivity contribution < 1.29 is 24.2 Å². The molecule has 2 aromatic rings. The van der Waals surface area contributed by atoms with Crippen LogP contribution in [-0.2, 0) is 14.3 Å². The number of amides is 2. The number of carbonyl (C=O) groups excluding carboxylic acids is 2. The largest absolute Gasteiger partial charge is 0.481 e. The number of carboxylic acid groups (broad SMARTS) is 1. The van der Waals surface area contributed by atoms with E-state index in [2.05, 4.69) is 34.9 Å². The van der Waals surface area contributed by atoms with E-state index in [1.165, 1.54) is 11.1 Å². The van der Waals surface area contributed by atoms with E-state index in [-0.39, 0.29) is 37.2 Å². The molecule has 35 heavy (non-hydrogen) atoms. The lowest BCUT2D eigenvalue weighted by atomic mass is 9.88. The first-order valence-electron chi connectivity index (χ1n) is 12.1. The molecule has 3 N–H and O–H groups in total. The summed E-state index contributed by atoms with van der Waals surface area (Å²) in [7, 11) is 0. The van der Waals surface area contributed by atoms with Gasteiger partial charge in [0.2, 0.25) is 5.91 Å². The van der Waals surface area contributed by atoms with E-state index in [4.69, 9.17) is 4.74 Å². The molecule has 0 aromatic heterocycles. The van der Waals surface area contributed by atoms with Gasteiger partial charge >= 0.3 is 12.1 Å². The van der Waals surface area contributed by atoms with Crippen molar-refractivity contribution in [2.45, 2.75) is 44.1 Å². The van der Waals surface area contributed by atoms with Crippen LogP contribution in [0, 0.1) is 5.92 Å². The lowest BCUT2D eigenvalue weighted by Gasteiger charge is -2.37. The molecule has 1 fully saturated rings. The first-order chi connectivity index (χ1) is 16.9. The van der Waals surface area contributed by atoms with Crippen molar-refractivity contribution in [3.8, 4) is 11.1 Å². The standard InChI is InChI=1S/C27H32N2O5S/c1-18(14-24(30)29-27(15-25(31)32)10-12-35-13-11-27)16-28-26(33)34-17-23-21-8-4-2-6-19(21)20-7-3-5-9-22(20)23/h2-9,18,23H,10-17H2,1H3,(H,28,33)(H,29,30)(H,31,32). The lowest BCUT2D eigenvalue weighted by Crippen LogP contribution is -2.52. The van der Waals surface area contributed by atoms with Crippen LogP contribution in [0.2, 0.25) is 0 Å². The fraction of sp³-hybridized carbons (Fsp3) is 0.444. The van der Waals surface area contributed by atoms with Gasteiger partial charge < -0.3 is 20.5 Å². The number of aliphatic carboxylic acids is 1. The Kier molecular flexibility index (Phi) is 8.00. The summed E-state index contributed by atoms with van der Waals surface area (Å²) in [6, 6.07) is 16.4. The molecule has 0 bridgehead atoms. The zero-order valence-electron chi connectivity index (χ0n) is 19.9. The van der Waals surface area contributed by atoms with Crippen LogP contribution in [0.1, 0.15) is 49.7 Å². The van der Waals surface area contributed by atoms with Crippen molar-refractivity contribution in [2.24, 2.45) is 5.92 Å². The van der Waals surface area contributed by atoms with Gasteiger partial charge in [0.05, 0.1) is 12.0 Å². The summed E-state index contributed by atoms with van der Waals surface area (Å²) < 4.78 is 5.56. The van der Waals surface area contributed by atoms with Crippen molar-refractivity contribution in [3.63, 3.8) is 0 Å². The van der Waals surface area contributed by atoms with E-state index in [1.54, 1.807) is 11.8 Å². The van der Waals surface area contributed by atoms with Crippen LogP contribution in [0.4, 0.5) is 4.79 Å². The Morgan fingerprint density at radius 3 is 2.26 bits per heavy atom. The van der Waals surface area contributed by atoms with Gasteiger partial charge in [-0.1, -0.05) is 55.5 Å². The van der Waals surface area contributed by atoms with E-state index >= 15 is 0 Å². The molecular weight excluding hydrogens is 464 g/mol. The fourth-order valence-corrected chi connectivity index (χ4v) is 6.31. The van der Waals surface area contributed by atoms with Gasteiger partial charge in [-0.3, -0.25) is 9.59 Å². The Morgan fingerprint density at radius 1 is 1.06 bits per heavy atom. The topological polar surface area (TPSA) is 105 Å². The van der Waals surface area contributed by atoms with Crippen LogP contribution in [-0.4, -0.2) is 53.3 Å². The minimum absolute atomic E-state index is 0.00423. The molecule has 0 spiro atoms. The van der Waals surface area contributed by atoms with Gasteiger partial charge in [0, 0.05) is 18.9 Å². The number of thioether (sulfide) groups is 1. The number of benzene rings is 2. The van der Waals surface area contributed by atoms with Crippen LogP contribution in [0.3, 0.4) is 0 Å². The highest BCUT2D eigenvalue weighted by Gasteiger charge is 2.36. The molecule has 186 valence electrons. The van der Waals surface area contributed by atoms with E-state index in [0.717, 1.165) is 22.6 Å². The number of hydrogen-bond donors (Lipinski definition) is 3. The molecule has 8 heteroatoms. The normalized spacial score (nSPS) is 17.1. The van der Waals surface area contributed by atoms with Gasteiger partial charge in [0.15, 0.2) is 0 Å². The summed E-state index contributed by atoms with van der Waals surface area (Å²) in [6.45, 7) is 2.42. The number of carboxylic acids is 1. The number of nitrogens with one attached hydrogen (secondary N) is 2. The van der Waals surface area contributed by atoms with Gasteiger partial charge in [0.25, 0.3) is 0 Å². The minimum atomic E-state index is -0.901. The van der Waals surface area contributed by atoms with Crippen molar-refractivity contribution >= 4 is 29.7 Å². The lowest BCUT2D eigenvalue weighted by molar-refractivity contribution is -0.139. The van der Waals surface area contributed by atoms with Crippen molar-refractivity contribution in [1.29, 1.82) is 0 Å². The molecule has 2 amide bonds. The molecule has 1 heterocycles. The number of ether oxygens (including phenoxy) is 1. The molecule has 1 aliphatic carbocycles. The second-order valence-electron chi connectivity index (χ2n) is 9.53. The highest BCUT2D eigenvalue weighted by atomic mass is 32.2. The summed E-state index contributed by atoms with van der Waals surface area (Å²) in [5.74, 6) is 0.478. The summed E-state index contributed by atoms with van der Waals surface area (Å²) >= 11 is 1.78.